The van der Waals surface area contributed by atoms with E-state index in [0.29, 0.717) is 69.0 Å². The zero-order chi connectivity index (χ0) is 35.0. The lowest BCUT2D eigenvalue weighted by molar-refractivity contribution is -0.124. The number of rotatable bonds is 10. The fourth-order valence-electron chi connectivity index (χ4n) is 7.68. The van der Waals surface area contributed by atoms with Crippen molar-refractivity contribution in [3.8, 4) is 16.9 Å². The molecule has 3 aliphatic rings. The first kappa shape index (κ1) is 35.6. The van der Waals surface area contributed by atoms with E-state index < -0.39 is 0 Å². The van der Waals surface area contributed by atoms with Crippen molar-refractivity contribution < 1.29 is 23.8 Å². The number of carbonyl (C=O) groups is 2. The molecule has 1 aromatic carbocycles. The second-order valence-electron chi connectivity index (χ2n) is 14.4. The third-order valence-corrected chi connectivity index (χ3v) is 10.7. The maximum Gasteiger partial charge on any atom is 0.407 e. The summed E-state index contributed by atoms with van der Waals surface area (Å²) in [5.41, 5.74) is 4.33. The summed E-state index contributed by atoms with van der Waals surface area (Å²) in [7, 11) is 5.54. The molecule has 3 heterocycles. The molecule has 2 aromatic heterocycles. The van der Waals surface area contributed by atoms with Gasteiger partial charge in [0.25, 0.3) is 0 Å². The fourth-order valence-corrected chi connectivity index (χ4v) is 7.68. The number of benzene rings is 1. The summed E-state index contributed by atoms with van der Waals surface area (Å²) in [5.74, 6) is 3.05. The molecule has 1 aliphatic heterocycles. The average Bonchev–Trinajstić information content (AvgIpc) is 3.14. The minimum atomic E-state index is -0.364. The van der Waals surface area contributed by atoms with Gasteiger partial charge in [0, 0.05) is 70.0 Å². The number of hydrogen-bond donors (Lipinski definition) is 1. The van der Waals surface area contributed by atoms with Crippen LogP contribution in [0.15, 0.2) is 48.9 Å². The Morgan fingerprint density at radius 3 is 2.26 bits per heavy atom. The molecule has 0 unspecified atom stereocenters. The molecule has 11 heteroatoms. The number of carbonyl (C=O) groups excluding carboxylic acids is 2. The first-order chi connectivity index (χ1) is 24.3. The number of nitrogens with one attached hydrogen (secondary N) is 1. The number of aromatic nitrogens is 3. The van der Waals surface area contributed by atoms with E-state index >= 15 is 0 Å². The lowest BCUT2D eigenvalue weighted by atomic mass is 9.78. The van der Waals surface area contributed by atoms with E-state index in [9.17, 15) is 9.59 Å². The molecule has 2 aliphatic carbocycles. The van der Waals surface area contributed by atoms with Crippen LogP contribution in [0.3, 0.4) is 0 Å². The Bertz CT molecular complexity index is 1580. The van der Waals surface area contributed by atoms with Gasteiger partial charge in [-0.3, -0.25) is 9.69 Å². The van der Waals surface area contributed by atoms with Crippen LogP contribution in [0.1, 0.15) is 81.3 Å². The van der Waals surface area contributed by atoms with Gasteiger partial charge < -0.3 is 24.4 Å². The van der Waals surface area contributed by atoms with Gasteiger partial charge in [0.15, 0.2) is 0 Å². The number of ether oxygens (including phenoxy) is 3. The third kappa shape index (κ3) is 8.91. The van der Waals surface area contributed by atoms with Crippen LogP contribution in [0.5, 0.6) is 5.75 Å². The fraction of sp³-hybridized carbons (Fsp3) is 0.564. The van der Waals surface area contributed by atoms with Crippen LogP contribution in [0, 0.1) is 18.8 Å². The number of nitrogens with zero attached hydrogens (tertiary/aromatic N) is 5. The van der Waals surface area contributed by atoms with Crippen LogP contribution in [0.4, 0.5) is 16.6 Å². The summed E-state index contributed by atoms with van der Waals surface area (Å²) in [5, 5.41) is 2.99. The maximum absolute atomic E-state index is 14.4. The van der Waals surface area contributed by atoms with Crippen molar-refractivity contribution in [2.45, 2.75) is 89.2 Å². The van der Waals surface area contributed by atoms with Crippen molar-refractivity contribution in [2.24, 2.45) is 11.8 Å². The Morgan fingerprint density at radius 2 is 1.60 bits per heavy atom. The van der Waals surface area contributed by atoms with Gasteiger partial charge in [0.05, 0.1) is 7.11 Å². The molecule has 1 saturated heterocycles. The van der Waals surface area contributed by atoms with E-state index in [4.69, 9.17) is 19.2 Å². The zero-order valence-corrected chi connectivity index (χ0v) is 30.0. The quantitative estimate of drug-likeness (QED) is 0.249. The minimum Gasteiger partial charge on any atom is -0.496 e. The summed E-state index contributed by atoms with van der Waals surface area (Å²) >= 11 is 0. The van der Waals surface area contributed by atoms with E-state index in [-0.39, 0.29) is 30.1 Å². The molecule has 0 spiro atoms. The molecule has 3 fully saturated rings. The molecule has 0 atom stereocenters. The van der Waals surface area contributed by atoms with E-state index in [1.54, 1.807) is 13.3 Å². The highest BCUT2D eigenvalue weighted by Crippen LogP contribution is 2.39. The summed E-state index contributed by atoms with van der Waals surface area (Å²) < 4.78 is 16.7. The van der Waals surface area contributed by atoms with Crippen LogP contribution >= 0.6 is 0 Å². The number of methoxy groups -OCH3 is 1. The molecule has 0 bridgehead atoms. The van der Waals surface area contributed by atoms with E-state index in [2.05, 4.69) is 40.4 Å². The normalized spacial score (nSPS) is 22.7. The van der Waals surface area contributed by atoms with Crippen molar-refractivity contribution in [1.29, 1.82) is 0 Å². The maximum atomic E-state index is 14.4. The topological polar surface area (TPSA) is 119 Å². The van der Waals surface area contributed by atoms with Crippen LogP contribution in [0.25, 0.3) is 11.1 Å². The molecule has 1 N–H and O–H groups in total. The highest BCUT2D eigenvalue weighted by atomic mass is 16.6. The van der Waals surface area contributed by atoms with E-state index in [1.165, 1.54) is 5.56 Å². The predicted octanol–water partition coefficient (Wildman–Crippen LogP) is 6.69. The second-order valence-corrected chi connectivity index (χ2v) is 14.4. The molecule has 2 saturated carbocycles. The molecule has 6 rings (SSSR count). The Kier molecular flexibility index (Phi) is 11.8. The van der Waals surface area contributed by atoms with Gasteiger partial charge >= 0.3 is 6.09 Å². The van der Waals surface area contributed by atoms with Crippen molar-refractivity contribution in [3.63, 3.8) is 0 Å². The predicted molar refractivity (Wildman–Crippen MR) is 194 cm³/mol. The number of anilines is 2. The largest absolute Gasteiger partial charge is 0.496 e. The number of alkyl carbamates (subject to hydrolysis) is 1. The molecule has 11 nitrogen and oxygen atoms in total. The molecular formula is C39H52N6O5. The van der Waals surface area contributed by atoms with Gasteiger partial charge in [0.1, 0.15) is 17.7 Å². The lowest BCUT2D eigenvalue weighted by Gasteiger charge is -2.36. The Balaban J connectivity index is 1.13. The average molecular weight is 685 g/mol. The standard InChI is InChI=1S/C39H52N6O5/c1-26-21-30(11-14-35(26)48-4)28-7-5-27(6-8-28)25-45(36-22-31(15-18-40-36)32-23-41-38(42-24-32)44(2)3)37(46)29-9-12-34(13-10-29)50-39(47)43-33-16-19-49-20-17-33/h11,14-15,18,21-24,27-29,33-34H,5-10,12-13,16-17,19-20,25H2,1-4H3,(H,43,47). The van der Waals surface area contributed by atoms with Crippen molar-refractivity contribution in [1.82, 2.24) is 20.3 Å². The smallest absolute Gasteiger partial charge is 0.407 e. The zero-order valence-electron chi connectivity index (χ0n) is 30.0. The van der Waals surface area contributed by atoms with E-state index in [0.717, 1.165) is 61.0 Å². The van der Waals surface area contributed by atoms with Gasteiger partial charge in [-0.1, -0.05) is 12.1 Å². The van der Waals surface area contributed by atoms with Crippen molar-refractivity contribution in [3.05, 3.63) is 60.0 Å². The highest BCUT2D eigenvalue weighted by Gasteiger charge is 2.34. The molecular weight excluding hydrogens is 632 g/mol. The summed E-state index contributed by atoms with van der Waals surface area (Å²) in [4.78, 5) is 44.6. The number of pyridine rings is 1. The monoisotopic (exact) mass is 684 g/mol. The SMILES string of the molecule is COc1ccc(C2CCC(CN(C(=O)C3CCC(OC(=O)NC4CCOCC4)CC3)c3cc(-c4cnc(N(C)C)nc4)ccn3)CC2)cc1C. The number of aryl methyl sites for hydroxylation is 1. The lowest BCUT2D eigenvalue weighted by Crippen LogP contribution is -2.43. The minimum absolute atomic E-state index is 0.0962. The molecule has 268 valence electrons. The second kappa shape index (κ2) is 16.6. The van der Waals surface area contributed by atoms with Gasteiger partial charge in [-0.05, 0) is 118 Å². The molecule has 50 heavy (non-hydrogen) atoms. The van der Waals surface area contributed by atoms with Crippen LogP contribution < -0.4 is 19.9 Å². The summed E-state index contributed by atoms with van der Waals surface area (Å²) in [6, 6.07) is 10.6. The highest BCUT2D eigenvalue weighted by molar-refractivity contribution is 5.94. The van der Waals surface area contributed by atoms with Gasteiger partial charge in [-0.25, -0.2) is 19.7 Å². The van der Waals surface area contributed by atoms with Gasteiger partial charge in [-0.15, -0.1) is 0 Å². The molecule has 0 radical (unpaired) electrons. The number of amides is 2. The Morgan fingerprint density at radius 1 is 0.880 bits per heavy atom. The van der Waals surface area contributed by atoms with Gasteiger partial charge in [0.2, 0.25) is 11.9 Å². The van der Waals surface area contributed by atoms with Crippen molar-refractivity contribution in [2.75, 3.05) is 50.8 Å². The first-order valence-electron chi connectivity index (χ1n) is 18.2. The first-order valence-corrected chi connectivity index (χ1v) is 18.2. The third-order valence-electron chi connectivity index (χ3n) is 10.7. The van der Waals surface area contributed by atoms with Crippen LogP contribution in [0.2, 0.25) is 0 Å². The van der Waals surface area contributed by atoms with Gasteiger partial charge in [-0.2, -0.15) is 0 Å². The van der Waals surface area contributed by atoms with Crippen molar-refractivity contribution >= 4 is 23.8 Å². The Hall–Kier alpha value is -4.25. The summed E-state index contributed by atoms with van der Waals surface area (Å²) in [6.45, 7) is 4.05. The van der Waals surface area contributed by atoms with Crippen LogP contribution in [-0.2, 0) is 14.3 Å². The summed E-state index contributed by atoms with van der Waals surface area (Å²) in [6.07, 6.45) is 13.4. The molecule has 3 aromatic rings. The van der Waals surface area contributed by atoms with E-state index in [1.807, 2.05) is 48.4 Å². The Labute approximate surface area is 296 Å². The molecule has 2 amide bonds. The number of hydrogen-bond acceptors (Lipinski definition) is 9. The van der Waals surface area contributed by atoms with Crippen LogP contribution in [-0.4, -0.2) is 80.1 Å².